The number of nitrogens with zero attached hydrogens (tertiary/aromatic N) is 3. The van der Waals surface area contributed by atoms with Gasteiger partial charge in [0.2, 0.25) is 0 Å². The van der Waals surface area contributed by atoms with Crippen molar-refractivity contribution in [1.82, 2.24) is 19.5 Å². The van der Waals surface area contributed by atoms with Crippen molar-refractivity contribution in [2.75, 3.05) is 6.61 Å². The molecular weight excluding hydrogens is 279 g/mol. The third-order valence-corrected chi connectivity index (χ3v) is 3.94. The summed E-state index contributed by atoms with van der Waals surface area (Å²) >= 11 is 0. The molecule has 8 heteroatoms. The second-order valence-corrected chi connectivity index (χ2v) is 5.22. The average Bonchev–Trinajstić information content (AvgIpc) is 2.91. The topological polar surface area (TPSA) is 104 Å². The van der Waals surface area contributed by atoms with E-state index in [0.29, 0.717) is 11.4 Å². The maximum atomic E-state index is 14.4. The van der Waals surface area contributed by atoms with Crippen LogP contribution in [-0.4, -0.2) is 48.6 Å². The third kappa shape index (κ3) is 1.90. The number of aliphatic hydroxyl groups is 2. The van der Waals surface area contributed by atoms with Crippen LogP contribution in [0.2, 0.25) is 0 Å². The molecule has 0 aromatic carbocycles. The summed E-state index contributed by atoms with van der Waals surface area (Å²) in [6.07, 6.45) is -1.68. The number of aliphatic hydroxyl groups excluding tert-OH is 2. The molecule has 2 heterocycles. The van der Waals surface area contributed by atoms with E-state index >= 15 is 0 Å². The van der Waals surface area contributed by atoms with Crippen LogP contribution in [0.25, 0.3) is 11.2 Å². The van der Waals surface area contributed by atoms with Gasteiger partial charge in [0.15, 0.2) is 17.3 Å². The maximum Gasteiger partial charge on any atom is 0.279 e. The SMILES string of the molecule is C=C1C(CO)C(O)C(F)C1n1cnc2c(=O)[nH]c(C)nc21. The molecule has 0 radical (unpaired) electrons. The number of aryl methyl sites for hydroxylation is 1. The van der Waals surface area contributed by atoms with Crippen molar-refractivity contribution in [3.63, 3.8) is 0 Å². The highest BCUT2D eigenvalue weighted by atomic mass is 19.1. The molecule has 0 amide bonds. The molecule has 0 saturated heterocycles. The smallest absolute Gasteiger partial charge is 0.279 e. The number of halogens is 1. The second kappa shape index (κ2) is 4.74. The predicted octanol–water partition coefficient (Wildman–Crippen LogP) is -0.154. The predicted molar refractivity (Wildman–Crippen MR) is 72.5 cm³/mol. The Morgan fingerprint density at radius 3 is 2.90 bits per heavy atom. The highest BCUT2D eigenvalue weighted by Crippen LogP contribution is 2.41. The van der Waals surface area contributed by atoms with Gasteiger partial charge in [-0.2, -0.15) is 0 Å². The molecule has 0 spiro atoms. The summed E-state index contributed by atoms with van der Waals surface area (Å²) in [7, 11) is 0. The molecule has 2 aromatic rings. The molecule has 3 N–H and O–H groups in total. The zero-order chi connectivity index (χ0) is 15.3. The standard InChI is InChI=1S/C13H15FN4O3/c1-5-7(3-19)11(20)8(14)10(5)18-4-15-9-12(18)16-6(2)17-13(9)21/h4,7-8,10-11,19-20H,1,3H2,2H3,(H,16,17,21). The molecule has 2 aromatic heterocycles. The molecule has 1 saturated carbocycles. The van der Waals surface area contributed by atoms with Crippen molar-refractivity contribution in [2.24, 2.45) is 5.92 Å². The van der Waals surface area contributed by atoms with E-state index in [2.05, 4.69) is 21.5 Å². The minimum Gasteiger partial charge on any atom is -0.396 e. The van der Waals surface area contributed by atoms with Crippen LogP contribution in [-0.2, 0) is 0 Å². The Bertz CT molecular complexity index is 768. The van der Waals surface area contributed by atoms with Crippen molar-refractivity contribution in [3.8, 4) is 0 Å². The van der Waals surface area contributed by atoms with E-state index in [9.17, 15) is 19.4 Å². The number of nitrogens with one attached hydrogen (secondary N) is 1. The number of fused-ring (bicyclic) bond motifs is 1. The van der Waals surface area contributed by atoms with E-state index in [1.54, 1.807) is 6.92 Å². The first-order valence-corrected chi connectivity index (χ1v) is 6.50. The molecule has 1 fully saturated rings. The van der Waals surface area contributed by atoms with E-state index in [4.69, 9.17) is 0 Å². The summed E-state index contributed by atoms with van der Waals surface area (Å²) in [4.78, 5) is 22.5. The van der Waals surface area contributed by atoms with Crippen LogP contribution in [0.4, 0.5) is 4.39 Å². The largest absolute Gasteiger partial charge is 0.396 e. The highest BCUT2D eigenvalue weighted by molar-refractivity contribution is 5.69. The third-order valence-electron chi connectivity index (χ3n) is 3.94. The number of hydrogen-bond acceptors (Lipinski definition) is 5. The molecule has 1 aliphatic carbocycles. The minimum absolute atomic E-state index is 0.0996. The van der Waals surface area contributed by atoms with Crippen LogP contribution in [0.15, 0.2) is 23.3 Å². The van der Waals surface area contributed by atoms with Gasteiger partial charge in [-0.15, -0.1) is 0 Å². The van der Waals surface area contributed by atoms with Gasteiger partial charge in [-0.3, -0.25) is 4.79 Å². The lowest BCUT2D eigenvalue weighted by molar-refractivity contribution is 0.0426. The zero-order valence-corrected chi connectivity index (χ0v) is 11.3. The van der Waals surface area contributed by atoms with Crippen molar-refractivity contribution >= 4 is 11.2 Å². The molecule has 0 aliphatic heterocycles. The van der Waals surface area contributed by atoms with E-state index in [0.717, 1.165) is 0 Å². The number of rotatable bonds is 2. The van der Waals surface area contributed by atoms with E-state index < -0.39 is 36.4 Å². The van der Waals surface area contributed by atoms with Crippen molar-refractivity contribution < 1.29 is 14.6 Å². The Morgan fingerprint density at radius 2 is 2.29 bits per heavy atom. The van der Waals surface area contributed by atoms with Crippen LogP contribution in [0.1, 0.15) is 11.9 Å². The van der Waals surface area contributed by atoms with Gasteiger partial charge in [0.05, 0.1) is 25.1 Å². The Labute approximate surface area is 118 Å². The normalized spacial score (nSPS) is 29.4. The van der Waals surface area contributed by atoms with Gasteiger partial charge in [-0.25, -0.2) is 14.4 Å². The molecule has 112 valence electrons. The zero-order valence-electron chi connectivity index (χ0n) is 11.3. The Morgan fingerprint density at radius 1 is 1.57 bits per heavy atom. The molecule has 21 heavy (non-hydrogen) atoms. The van der Waals surface area contributed by atoms with Crippen molar-refractivity contribution in [2.45, 2.75) is 25.2 Å². The summed E-state index contributed by atoms with van der Waals surface area (Å²) in [5, 5.41) is 19.1. The fourth-order valence-corrected chi connectivity index (χ4v) is 2.85. The summed E-state index contributed by atoms with van der Waals surface area (Å²) < 4.78 is 15.8. The first-order chi connectivity index (χ1) is 9.95. The lowest BCUT2D eigenvalue weighted by Gasteiger charge is -2.17. The molecule has 1 aliphatic rings. The number of aromatic amines is 1. The molecule has 0 bridgehead atoms. The Balaban J connectivity index is 2.17. The summed E-state index contributed by atoms with van der Waals surface area (Å²) in [6, 6.07) is -0.907. The van der Waals surface area contributed by atoms with Crippen LogP contribution in [0, 0.1) is 12.8 Å². The minimum atomic E-state index is -1.64. The Hall–Kier alpha value is -2.06. The average molecular weight is 294 g/mol. The van der Waals surface area contributed by atoms with Crippen LogP contribution >= 0.6 is 0 Å². The molecule has 7 nitrogen and oxygen atoms in total. The van der Waals surface area contributed by atoms with E-state index in [-0.39, 0.29) is 11.2 Å². The van der Waals surface area contributed by atoms with Gasteiger partial charge >= 0.3 is 0 Å². The monoisotopic (exact) mass is 294 g/mol. The summed E-state index contributed by atoms with van der Waals surface area (Å²) in [5.74, 6) is -0.363. The van der Waals surface area contributed by atoms with Gasteiger partial charge < -0.3 is 19.8 Å². The Kier molecular flexibility index (Phi) is 3.14. The van der Waals surface area contributed by atoms with E-state index in [1.807, 2.05) is 0 Å². The lowest BCUT2D eigenvalue weighted by Crippen LogP contribution is -2.27. The van der Waals surface area contributed by atoms with Gasteiger partial charge in [-0.05, 0) is 12.5 Å². The van der Waals surface area contributed by atoms with Crippen LogP contribution in [0.5, 0.6) is 0 Å². The maximum absolute atomic E-state index is 14.4. The summed E-state index contributed by atoms with van der Waals surface area (Å²) in [6.45, 7) is 4.99. The first kappa shape index (κ1) is 13.9. The number of H-pyrrole nitrogens is 1. The fraction of sp³-hybridized carbons (Fsp3) is 0.462. The summed E-state index contributed by atoms with van der Waals surface area (Å²) in [5.41, 5.74) is 0.282. The molecule has 3 rings (SSSR count). The van der Waals surface area contributed by atoms with E-state index in [1.165, 1.54) is 10.9 Å². The van der Waals surface area contributed by atoms with Gasteiger partial charge in [0, 0.05) is 5.92 Å². The molecule has 4 unspecified atom stereocenters. The van der Waals surface area contributed by atoms with Gasteiger partial charge in [0.25, 0.3) is 5.56 Å². The van der Waals surface area contributed by atoms with Crippen molar-refractivity contribution in [1.29, 1.82) is 0 Å². The second-order valence-electron chi connectivity index (χ2n) is 5.22. The number of hydrogen-bond donors (Lipinski definition) is 3. The fourth-order valence-electron chi connectivity index (χ4n) is 2.85. The first-order valence-electron chi connectivity index (χ1n) is 6.50. The lowest BCUT2D eigenvalue weighted by atomic mass is 10.0. The van der Waals surface area contributed by atoms with Crippen molar-refractivity contribution in [3.05, 3.63) is 34.7 Å². The quantitative estimate of drug-likeness (QED) is 0.668. The number of imidazole rings is 1. The van der Waals surface area contributed by atoms with Gasteiger partial charge in [0.1, 0.15) is 5.82 Å². The van der Waals surface area contributed by atoms with Crippen LogP contribution in [0.3, 0.4) is 0 Å². The highest BCUT2D eigenvalue weighted by Gasteiger charge is 2.47. The molecule has 4 atom stereocenters. The number of alkyl halides is 1. The van der Waals surface area contributed by atoms with Crippen LogP contribution < -0.4 is 5.56 Å². The number of aromatic nitrogens is 4. The van der Waals surface area contributed by atoms with Gasteiger partial charge in [-0.1, -0.05) is 6.58 Å². The molecular formula is C13H15FN4O3.